The van der Waals surface area contributed by atoms with Crippen molar-refractivity contribution < 1.29 is 20.4 Å². The monoisotopic (exact) mass is 226 g/mol. The molecule has 4 heteroatoms. The molecule has 0 aliphatic carbocycles. The van der Waals surface area contributed by atoms with E-state index in [1.165, 1.54) is 6.07 Å². The quantitative estimate of drug-likeness (QED) is 0.566. The molecular weight excluding hydrogens is 208 g/mol. The van der Waals surface area contributed by atoms with E-state index in [1.807, 2.05) is 20.8 Å². The zero-order valence-corrected chi connectivity index (χ0v) is 9.68. The second-order valence-electron chi connectivity index (χ2n) is 4.89. The number of aliphatic hydroxyl groups is 4. The van der Waals surface area contributed by atoms with E-state index in [0.717, 1.165) is 5.56 Å². The summed E-state index contributed by atoms with van der Waals surface area (Å²) in [6.07, 6.45) is -3.22. The van der Waals surface area contributed by atoms with Crippen LogP contribution < -0.4 is 0 Å². The molecule has 0 amide bonds. The topological polar surface area (TPSA) is 80.9 Å². The first-order valence-corrected chi connectivity index (χ1v) is 5.09. The summed E-state index contributed by atoms with van der Waals surface area (Å²) < 4.78 is 0. The molecule has 4 N–H and O–H groups in total. The van der Waals surface area contributed by atoms with Crippen LogP contribution in [0.15, 0.2) is 18.2 Å². The van der Waals surface area contributed by atoms with Crippen LogP contribution in [0.1, 0.15) is 50.0 Å². The van der Waals surface area contributed by atoms with E-state index in [-0.39, 0.29) is 16.5 Å². The minimum atomic E-state index is -1.61. The van der Waals surface area contributed by atoms with Crippen LogP contribution in [0, 0.1) is 0 Å². The number of hydrogen-bond acceptors (Lipinski definition) is 4. The standard InChI is InChI=1S/C12H18O4/c1-12(2,3)9-5-7(10(13)14)4-8(6-9)11(15)16/h4-6,10-11,13-16H,1-3H3. The first-order chi connectivity index (χ1) is 7.21. The van der Waals surface area contributed by atoms with Gasteiger partial charge in [-0.3, -0.25) is 0 Å². The molecule has 1 rings (SSSR count). The van der Waals surface area contributed by atoms with Gasteiger partial charge >= 0.3 is 0 Å². The summed E-state index contributed by atoms with van der Waals surface area (Å²) in [4.78, 5) is 0. The molecule has 4 nitrogen and oxygen atoms in total. The van der Waals surface area contributed by atoms with Gasteiger partial charge in [-0.25, -0.2) is 0 Å². The normalized spacial score (nSPS) is 12.6. The summed E-state index contributed by atoms with van der Waals surface area (Å²) in [5.74, 6) is 0. The second kappa shape index (κ2) is 4.51. The summed E-state index contributed by atoms with van der Waals surface area (Å²) in [7, 11) is 0. The second-order valence-corrected chi connectivity index (χ2v) is 4.89. The zero-order valence-electron chi connectivity index (χ0n) is 9.68. The minimum Gasteiger partial charge on any atom is -0.364 e. The molecule has 0 aromatic heterocycles. The lowest BCUT2D eigenvalue weighted by Crippen LogP contribution is -2.13. The lowest BCUT2D eigenvalue weighted by atomic mass is 9.85. The molecule has 1 aromatic rings. The lowest BCUT2D eigenvalue weighted by molar-refractivity contribution is -0.0476. The van der Waals surface area contributed by atoms with Gasteiger partial charge in [-0.05, 0) is 17.0 Å². The molecule has 0 radical (unpaired) electrons. The van der Waals surface area contributed by atoms with E-state index in [4.69, 9.17) is 20.4 Å². The van der Waals surface area contributed by atoms with E-state index in [1.54, 1.807) is 12.1 Å². The van der Waals surface area contributed by atoms with Gasteiger partial charge in [-0.2, -0.15) is 0 Å². The Morgan fingerprint density at radius 3 is 1.44 bits per heavy atom. The molecule has 90 valence electrons. The van der Waals surface area contributed by atoms with Crippen molar-refractivity contribution in [3.8, 4) is 0 Å². The number of rotatable bonds is 2. The van der Waals surface area contributed by atoms with Crippen molar-refractivity contribution in [2.45, 2.75) is 38.8 Å². The van der Waals surface area contributed by atoms with Gasteiger partial charge in [-0.1, -0.05) is 32.9 Å². The van der Waals surface area contributed by atoms with Crippen LogP contribution >= 0.6 is 0 Å². The molecule has 0 atom stereocenters. The lowest BCUT2D eigenvalue weighted by Gasteiger charge is -2.22. The Hall–Kier alpha value is -0.940. The Balaban J connectivity index is 3.30. The van der Waals surface area contributed by atoms with Crippen molar-refractivity contribution in [3.63, 3.8) is 0 Å². The molecule has 0 fully saturated rings. The summed E-state index contributed by atoms with van der Waals surface area (Å²) in [5, 5.41) is 36.4. The predicted octanol–water partition coefficient (Wildman–Crippen LogP) is 0.950. The maximum Gasteiger partial charge on any atom is 0.178 e. The van der Waals surface area contributed by atoms with Gasteiger partial charge in [0, 0.05) is 11.1 Å². The van der Waals surface area contributed by atoms with Gasteiger partial charge in [-0.15, -0.1) is 0 Å². The average molecular weight is 226 g/mol. The van der Waals surface area contributed by atoms with Crippen molar-refractivity contribution in [1.82, 2.24) is 0 Å². The van der Waals surface area contributed by atoms with Crippen LogP contribution in [0.2, 0.25) is 0 Å². The van der Waals surface area contributed by atoms with Crippen molar-refractivity contribution in [2.75, 3.05) is 0 Å². The molecule has 0 spiro atoms. The van der Waals surface area contributed by atoms with Gasteiger partial charge in [0.05, 0.1) is 0 Å². The maximum absolute atomic E-state index is 9.11. The SMILES string of the molecule is CC(C)(C)c1cc(C(O)O)cc(C(O)O)c1. The maximum atomic E-state index is 9.11. The Morgan fingerprint density at radius 1 is 0.812 bits per heavy atom. The number of aliphatic hydroxyl groups excluding tert-OH is 2. The molecule has 0 aliphatic heterocycles. The van der Waals surface area contributed by atoms with Crippen molar-refractivity contribution in [1.29, 1.82) is 0 Å². The summed E-state index contributed by atoms with van der Waals surface area (Å²) in [6, 6.07) is 4.66. The van der Waals surface area contributed by atoms with E-state index < -0.39 is 12.6 Å². The van der Waals surface area contributed by atoms with Gasteiger partial charge < -0.3 is 20.4 Å². The van der Waals surface area contributed by atoms with Gasteiger partial charge in [0.2, 0.25) is 0 Å². The molecule has 1 aromatic carbocycles. The third-order valence-corrected chi connectivity index (χ3v) is 2.44. The van der Waals surface area contributed by atoms with Crippen LogP contribution in [0.25, 0.3) is 0 Å². The third-order valence-electron chi connectivity index (χ3n) is 2.44. The van der Waals surface area contributed by atoms with Crippen LogP contribution in [-0.4, -0.2) is 20.4 Å². The molecule has 0 bridgehead atoms. The van der Waals surface area contributed by atoms with E-state index in [0.29, 0.717) is 0 Å². The summed E-state index contributed by atoms with van der Waals surface area (Å²) in [5.41, 5.74) is 1.14. The van der Waals surface area contributed by atoms with E-state index >= 15 is 0 Å². The summed E-state index contributed by atoms with van der Waals surface area (Å²) >= 11 is 0. The van der Waals surface area contributed by atoms with Gasteiger partial charge in [0.15, 0.2) is 12.6 Å². The Kier molecular flexibility index (Phi) is 3.70. The molecule has 0 unspecified atom stereocenters. The van der Waals surface area contributed by atoms with E-state index in [2.05, 4.69) is 0 Å². The van der Waals surface area contributed by atoms with Crippen molar-refractivity contribution >= 4 is 0 Å². The molecule has 0 saturated carbocycles. The smallest absolute Gasteiger partial charge is 0.178 e. The first-order valence-electron chi connectivity index (χ1n) is 5.09. The molecule has 0 saturated heterocycles. The highest BCUT2D eigenvalue weighted by Crippen LogP contribution is 2.28. The minimum absolute atomic E-state index is 0.200. The predicted molar refractivity (Wildman–Crippen MR) is 59.5 cm³/mol. The fourth-order valence-electron chi connectivity index (χ4n) is 1.41. The van der Waals surface area contributed by atoms with Crippen LogP contribution in [0.4, 0.5) is 0 Å². The first kappa shape index (κ1) is 13.1. The molecule has 0 aliphatic rings. The van der Waals surface area contributed by atoms with Crippen molar-refractivity contribution in [3.05, 3.63) is 34.9 Å². The molecular formula is C12H18O4. The van der Waals surface area contributed by atoms with Gasteiger partial charge in [0.25, 0.3) is 0 Å². The van der Waals surface area contributed by atoms with Crippen LogP contribution in [0.5, 0.6) is 0 Å². The fourth-order valence-corrected chi connectivity index (χ4v) is 1.41. The largest absolute Gasteiger partial charge is 0.364 e. The highest BCUT2D eigenvalue weighted by atomic mass is 16.5. The number of hydrogen-bond donors (Lipinski definition) is 4. The highest BCUT2D eigenvalue weighted by molar-refractivity contribution is 5.35. The Bertz CT molecular complexity index is 338. The fraction of sp³-hybridized carbons (Fsp3) is 0.500. The average Bonchev–Trinajstić information content (AvgIpc) is 2.15. The Morgan fingerprint density at radius 2 is 1.19 bits per heavy atom. The van der Waals surface area contributed by atoms with Crippen LogP contribution in [-0.2, 0) is 5.41 Å². The van der Waals surface area contributed by atoms with Crippen LogP contribution in [0.3, 0.4) is 0 Å². The molecule has 0 heterocycles. The Labute approximate surface area is 94.8 Å². The van der Waals surface area contributed by atoms with E-state index in [9.17, 15) is 0 Å². The third kappa shape index (κ3) is 3.02. The number of benzene rings is 1. The van der Waals surface area contributed by atoms with Gasteiger partial charge in [0.1, 0.15) is 0 Å². The highest BCUT2D eigenvalue weighted by Gasteiger charge is 2.18. The summed E-state index contributed by atoms with van der Waals surface area (Å²) in [6.45, 7) is 5.89. The van der Waals surface area contributed by atoms with Crippen molar-refractivity contribution in [2.24, 2.45) is 0 Å². The zero-order chi connectivity index (χ0) is 12.5. The molecule has 16 heavy (non-hydrogen) atoms.